The predicted molar refractivity (Wildman–Crippen MR) is 116 cm³/mol. The number of carboxylic acids is 1. The van der Waals surface area contributed by atoms with Gasteiger partial charge in [-0.15, -0.1) is 0 Å². The van der Waals surface area contributed by atoms with Crippen LogP contribution < -0.4 is 27.8 Å². The van der Waals surface area contributed by atoms with Gasteiger partial charge in [0.1, 0.15) is 12.1 Å². The van der Waals surface area contributed by atoms with Gasteiger partial charge in [0.2, 0.25) is 11.8 Å². The van der Waals surface area contributed by atoms with Gasteiger partial charge in [-0.25, -0.2) is 4.79 Å². The maximum absolute atomic E-state index is 12.6. The molecule has 0 aliphatic heterocycles. The summed E-state index contributed by atoms with van der Waals surface area (Å²) in [4.78, 5) is 40.0. The van der Waals surface area contributed by atoms with E-state index in [4.69, 9.17) is 17.2 Å². The van der Waals surface area contributed by atoms with Gasteiger partial charge in [0.15, 0.2) is 5.96 Å². The topological polar surface area (TPSA) is 203 Å². The van der Waals surface area contributed by atoms with E-state index in [0.717, 1.165) is 0 Å². The average Bonchev–Trinajstić information content (AvgIpc) is 2.64. The van der Waals surface area contributed by atoms with Gasteiger partial charge in [0, 0.05) is 29.4 Å². The normalized spacial score (nSPS) is 14.9. The van der Waals surface area contributed by atoms with Crippen LogP contribution in [0.3, 0.4) is 0 Å². The summed E-state index contributed by atoms with van der Waals surface area (Å²) in [6.45, 7) is 0.238. The van der Waals surface area contributed by atoms with E-state index in [0.29, 0.717) is 18.6 Å². The first-order chi connectivity index (χ1) is 13.6. The van der Waals surface area contributed by atoms with Crippen molar-refractivity contribution in [3.8, 4) is 0 Å². The number of carbonyl (C=O) groups excluding carboxylic acids is 2. The van der Waals surface area contributed by atoms with E-state index >= 15 is 0 Å². The van der Waals surface area contributed by atoms with Crippen LogP contribution in [0.2, 0.25) is 0 Å². The number of aliphatic imine (C=N–C) groups is 1. The van der Waals surface area contributed by atoms with Crippen molar-refractivity contribution in [2.75, 3.05) is 30.6 Å². The molecule has 0 aromatic rings. The highest BCUT2D eigenvalue weighted by atomic mass is 32.2. The molecule has 2 amide bonds. The minimum atomic E-state index is -1.19. The lowest BCUT2D eigenvalue weighted by molar-refractivity contribution is -0.142. The quantitative estimate of drug-likeness (QED) is 0.0917. The Kier molecular flexibility index (Phi) is 14.1. The van der Waals surface area contributed by atoms with Crippen LogP contribution in [0.25, 0.3) is 0 Å². The van der Waals surface area contributed by atoms with Crippen LogP contribution in [-0.2, 0) is 25.2 Å². The van der Waals surface area contributed by atoms with Crippen LogP contribution in [0.4, 0.5) is 0 Å². The number of nitrogens with one attached hydrogen (secondary N) is 2. The van der Waals surface area contributed by atoms with Crippen molar-refractivity contribution in [2.24, 2.45) is 22.2 Å². The first-order valence-electron chi connectivity index (χ1n) is 9.02. The van der Waals surface area contributed by atoms with Crippen LogP contribution in [0.15, 0.2) is 4.99 Å². The fraction of sp³-hybridized carbons (Fsp3) is 0.750. The van der Waals surface area contributed by atoms with Gasteiger partial charge < -0.3 is 32.9 Å². The molecule has 11 nitrogen and oxygen atoms in total. The summed E-state index contributed by atoms with van der Waals surface area (Å²) in [6.07, 6.45) is 4.38. The lowest BCUT2D eigenvalue weighted by atomic mass is 10.1. The molecule has 0 heterocycles. The lowest BCUT2D eigenvalue weighted by Crippen LogP contribution is -2.54. The summed E-state index contributed by atoms with van der Waals surface area (Å²) in [5.41, 5.74) is 16.2. The molecule has 0 saturated carbocycles. The summed E-state index contributed by atoms with van der Waals surface area (Å²) in [7, 11) is -1.08. The van der Waals surface area contributed by atoms with Crippen molar-refractivity contribution >= 4 is 46.3 Å². The van der Waals surface area contributed by atoms with E-state index in [1.807, 2.05) is 6.26 Å². The number of aliphatic carboxylic acids is 1. The number of hydrogen-bond acceptors (Lipinski definition) is 7. The molecule has 4 unspecified atom stereocenters. The van der Waals surface area contributed by atoms with Gasteiger partial charge in [-0.1, -0.05) is 0 Å². The summed E-state index contributed by atoms with van der Waals surface area (Å²) >= 11 is 1.48. The minimum Gasteiger partial charge on any atom is -0.480 e. The third kappa shape index (κ3) is 13.1. The highest BCUT2D eigenvalue weighted by Gasteiger charge is 2.27. The Bertz CT molecular complexity index is 600. The third-order valence-electron chi connectivity index (χ3n) is 3.86. The number of thioether (sulfide) groups is 1. The Balaban J connectivity index is 4.92. The Morgan fingerprint density at radius 3 is 2.24 bits per heavy atom. The monoisotopic (exact) mass is 452 g/mol. The van der Waals surface area contributed by atoms with E-state index in [9.17, 15) is 23.7 Å². The fourth-order valence-electron chi connectivity index (χ4n) is 2.24. The molecule has 13 heteroatoms. The molecule has 0 radical (unpaired) electrons. The van der Waals surface area contributed by atoms with Crippen molar-refractivity contribution in [1.29, 1.82) is 0 Å². The van der Waals surface area contributed by atoms with Gasteiger partial charge in [-0.05, 0) is 37.7 Å². The number of amides is 2. The summed E-state index contributed by atoms with van der Waals surface area (Å²) in [6, 6.07) is -2.97. The molecule has 0 fully saturated rings. The van der Waals surface area contributed by atoms with E-state index in [1.165, 1.54) is 18.0 Å². The van der Waals surface area contributed by atoms with Crippen molar-refractivity contribution in [3.05, 3.63) is 0 Å². The molecule has 0 bridgehead atoms. The van der Waals surface area contributed by atoms with Crippen LogP contribution in [-0.4, -0.2) is 81.7 Å². The second kappa shape index (κ2) is 15.0. The second-order valence-corrected chi connectivity index (χ2v) is 8.90. The lowest BCUT2D eigenvalue weighted by Gasteiger charge is -2.22. The Morgan fingerprint density at radius 1 is 1.10 bits per heavy atom. The van der Waals surface area contributed by atoms with Crippen molar-refractivity contribution in [2.45, 2.75) is 43.8 Å². The van der Waals surface area contributed by atoms with Crippen molar-refractivity contribution in [3.63, 3.8) is 0 Å². The minimum absolute atomic E-state index is 0.0935. The van der Waals surface area contributed by atoms with E-state index in [2.05, 4.69) is 15.6 Å². The van der Waals surface area contributed by atoms with Crippen LogP contribution in [0, 0.1) is 0 Å². The average molecular weight is 453 g/mol. The van der Waals surface area contributed by atoms with Gasteiger partial charge in [-0.3, -0.25) is 18.8 Å². The van der Waals surface area contributed by atoms with E-state index in [-0.39, 0.29) is 31.1 Å². The summed E-state index contributed by atoms with van der Waals surface area (Å²) in [5, 5.41) is 14.4. The van der Waals surface area contributed by atoms with Gasteiger partial charge in [0.25, 0.3) is 0 Å². The molecule has 168 valence electrons. The maximum atomic E-state index is 12.6. The largest absolute Gasteiger partial charge is 0.480 e. The number of nitrogens with zero attached hydrogens (tertiary/aromatic N) is 1. The van der Waals surface area contributed by atoms with Crippen molar-refractivity contribution < 1.29 is 23.7 Å². The van der Waals surface area contributed by atoms with Crippen LogP contribution in [0.5, 0.6) is 0 Å². The molecular weight excluding hydrogens is 420 g/mol. The Hall–Kier alpha value is -1.86. The predicted octanol–water partition coefficient (Wildman–Crippen LogP) is -2.06. The maximum Gasteiger partial charge on any atom is 0.326 e. The molecule has 4 atom stereocenters. The molecule has 0 aliphatic carbocycles. The highest BCUT2D eigenvalue weighted by molar-refractivity contribution is 7.98. The molecule has 0 saturated heterocycles. The number of carbonyl (C=O) groups is 3. The van der Waals surface area contributed by atoms with Crippen LogP contribution >= 0.6 is 11.8 Å². The number of carboxylic acid groups (broad SMARTS) is 1. The molecule has 9 N–H and O–H groups in total. The molecule has 0 rings (SSSR count). The molecule has 0 aromatic heterocycles. The van der Waals surface area contributed by atoms with Crippen LogP contribution in [0.1, 0.15) is 25.7 Å². The smallest absolute Gasteiger partial charge is 0.326 e. The number of hydrogen-bond donors (Lipinski definition) is 6. The van der Waals surface area contributed by atoms with E-state index < -0.39 is 46.7 Å². The highest BCUT2D eigenvalue weighted by Crippen LogP contribution is 2.05. The zero-order valence-electron chi connectivity index (χ0n) is 16.8. The van der Waals surface area contributed by atoms with Gasteiger partial charge in [-0.2, -0.15) is 11.8 Å². The Labute approximate surface area is 177 Å². The molecule has 0 aliphatic rings. The molecule has 0 spiro atoms. The Morgan fingerprint density at radius 2 is 1.72 bits per heavy atom. The molecule has 29 heavy (non-hydrogen) atoms. The first-order valence-corrected chi connectivity index (χ1v) is 12.1. The zero-order chi connectivity index (χ0) is 22.4. The number of guanidine groups is 1. The zero-order valence-corrected chi connectivity index (χ0v) is 18.4. The van der Waals surface area contributed by atoms with Crippen molar-refractivity contribution in [1.82, 2.24) is 10.6 Å². The van der Waals surface area contributed by atoms with Gasteiger partial charge in [0.05, 0.1) is 6.04 Å². The second-order valence-electron chi connectivity index (χ2n) is 6.36. The SMILES string of the molecule is CSCCC(NC(=O)C(N)CCS(C)=O)C(=O)NC(CCCN=C(N)N)C(=O)O. The van der Waals surface area contributed by atoms with Gasteiger partial charge >= 0.3 is 5.97 Å². The standard InChI is InChI=1S/C16H32N6O5S2/c1-28-8-5-11(21-13(23)10(17)6-9-29(2)27)14(24)22-12(15(25)26)4-3-7-20-16(18)19/h10-12H,3-9,17H2,1-2H3,(H,21,23)(H,22,24)(H,25,26)(H4,18,19,20). The summed E-state index contributed by atoms with van der Waals surface area (Å²) < 4.78 is 11.2. The first kappa shape index (κ1) is 27.1. The van der Waals surface area contributed by atoms with E-state index in [1.54, 1.807) is 0 Å². The fourth-order valence-corrected chi connectivity index (χ4v) is 3.30. The third-order valence-corrected chi connectivity index (χ3v) is 5.31. The molecular formula is C16H32N6O5S2. The number of nitrogens with two attached hydrogens (primary N) is 3. The summed E-state index contributed by atoms with van der Waals surface area (Å²) in [5.74, 6) is -1.59. The number of rotatable bonds is 15. The molecule has 0 aromatic carbocycles.